The van der Waals surface area contributed by atoms with Crippen LogP contribution in [0, 0.1) is 5.92 Å². The molecule has 1 saturated carbocycles. The van der Waals surface area contributed by atoms with Crippen LogP contribution >= 0.6 is 0 Å². The smallest absolute Gasteiger partial charge is 0.391 e. The summed E-state index contributed by atoms with van der Waals surface area (Å²) in [6.07, 6.45) is -0.990. The molecule has 2 fully saturated rings. The van der Waals surface area contributed by atoms with E-state index in [1.54, 1.807) is 0 Å². The number of alkyl halides is 3. The van der Waals surface area contributed by atoms with Crippen molar-refractivity contribution in [3.05, 3.63) is 0 Å². The molecule has 6 heteroatoms. The number of carbonyl (C=O) groups is 1. The van der Waals surface area contributed by atoms with Crippen molar-refractivity contribution in [3.63, 3.8) is 0 Å². The van der Waals surface area contributed by atoms with E-state index in [2.05, 4.69) is 0 Å². The standard InChI is InChI=1S/C14H22F3NO2/c1-2-13(12(19)20)8-3-9-18(13)11-6-4-10(5-7-11)14(15,16)17/h10-11H,2-9H2,1H3,(H,19,20). The Balaban J connectivity index is 2.05. The zero-order chi connectivity index (χ0) is 15.0. The van der Waals surface area contributed by atoms with Crippen LogP contribution in [0.1, 0.15) is 51.9 Å². The molecule has 1 saturated heterocycles. The van der Waals surface area contributed by atoms with Crippen molar-refractivity contribution >= 4 is 5.97 Å². The predicted molar refractivity (Wildman–Crippen MR) is 68.4 cm³/mol. The van der Waals surface area contributed by atoms with Gasteiger partial charge in [0.25, 0.3) is 0 Å². The lowest BCUT2D eigenvalue weighted by atomic mass is 9.82. The number of rotatable bonds is 3. The fourth-order valence-electron chi connectivity index (χ4n) is 3.91. The molecule has 1 aliphatic heterocycles. The van der Waals surface area contributed by atoms with E-state index in [0.717, 1.165) is 6.42 Å². The first-order valence-corrected chi connectivity index (χ1v) is 7.38. The number of halogens is 3. The fourth-order valence-corrected chi connectivity index (χ4v) is 3.91. The molecule has 1 atom stereocenters. The van der Waals surface area contributed by atoms with Crippen LogP contribution in [0.3, 0.4) is 0 Å². The average molecular weight is 293 g/mol. The largest absolute Gasteiger partial charge is 0.480 e. The van der Waals surface area contributed by atoms with Crippen molar-refractivity contribution in [2.45, 2.75) is 69.6 Å². The van der Waals surface area contributed by atoms with E-state index in [-0.39, 0.29) is 18.9 Å². The molecule has 0 amide bonds. The Morgan fingerprint density at radius 2 is 1.90 bits per heavy atom. The molecule has 1 aliphatic carbocycles. The summed E-state index contributed by atoms with van der Waals surface area (Å²) in [5, 5.41) is 9.52. The van der Waals surface area contributed by atoms with Gasteiger partial charge in [0.2, 0.25) is 0 Å². The molecular formula is C14H22F3NO2. The summed E-state index contributed by atoms with van der Waals surface area (Å²) in [4.78, 5) is 13.6. The molecule has 0 bridgehead atoms. The van der Waals surface area contributed by atoms with Crippen molar-refractivity contribution in [2.24, 2.45) is 5.92 Å². The first kappa shape index (κ1) is 15.6. The molecule has 116 valence electrons. The van der Waals surface area contributed by atoms with Crippen molar-refractivity contribution in [3.8, 4) is 0 Å². The highest BCUT2D eigenvalue weighted by atomic mass is 19.4. The van der Waals surface area contributed by atoms with E-state index in [4.69, 9.17) is 0 Å². The topological polar surface area (TPSA) is 40.5 Å². The average Bonchev–Trinajstić information content (AvgIpc) is 2.83. The molecule has 2 aliphatic rings. The maximum absolute atomic E-state index is 12.7. The van der Waals surface area contributed by atoms with E-state index < -0.39 is 23.6 Å². The van der Waals surface area contributed by atoms with Gasteiger partial charge < -0.3 is 5.11 Å². The van der Waals surface area contributed by atoms with Gasteiger partial charge in [0, 0.05) is 6.04 Å². The summed E-state index contributed by atoms with van der Waals surface area (Å²) in [6.45, 7) is 2.55. The molecule has 0 radical (unpaired) electrons. The third-order valence-corrected chi connectivity index (χ3v) is 5.12. The number of carboxylic acids is 1. The number of hydrogen-bond donors (Lipinski definition) is 1. The molecule has 2 rings (SSSR count). The Labute approximate surface area is 117 Å². The summed E-state index contributed by atoms with van der Waals surface area (Å²) >= 11 is 0. The van der Waals surface area contributed by atoms with Gasteiger partial charge in [-0.3, -0.25) is 9.69 Å². The molecule has 0 aromatic carbocycles. The monoisotopic (exact) mass is 293 g/mol. The zero-order valence-corrected chi connectivity index (χ0v) is 11.7. The molecule has 0 spiro atoms. The van der Waals surface area contributed by atoms with E-state index in [0.29, 0.717) is 32.2 Å². The summed E-state index contributed by atoms with van der Waals surface area (Å²) in [5.74, 6) is -2.03. The molecule has 20 heavy (non-hydrogen) atoms. The first-order chi connectivity index (χ1) is 9.31. The second kappa shape index (κ2) is 5.54. The minimum Gasteiger partial charge on any atom is -0.480 e. The van der Waals surface area contributed by atoms with Gasteiger partial charge in [0.1, 0.15) is 5.54 Å². The Bertz CT molecular complexity index is 364. The van der Waals surface area contributed by atoms with Gasteiger partial charge in [-0.25, -0.2) is 0 Å². The second-order valence-corrected chi connectivity index (χ2v) is 6.03. The molecule has 1 unspecified atom stereocenters. The summed E-state index contributed by atoms with van der Waals surface area (Å²) in [6, 6.07) is -0.00727. The highest BCUT2D eigenvalue weighted by Gasteiger charge is 2.50. The van der Waals surface area contributed by atoms with E-state index in [9.17, 15) is 23.1 Å². The van der Waals surface area contributed by atoms with Crippen LogP contribution in [0.25, 0.3) is 0 Å². The molecule has 3 nitrogen and oxygen atoms in total. The van der Waals surface area contributed by atoms with Gasteiger partial charge in [-0.2, -0.15) is 13.2 Å². The Morgan fingerprint density at radius 1 is 1.30 bits per heavy atom. The molecule has 1 N–H and O–H groups in total. The second-order valence-electron chi connectivity index (χ2n) is 6.03. The highest BCUT2D eigenvalue weighted by molar-refractivity contribution is 5.79. The maximum atomic E-state index is 12.7. The van der Waals surface area contributed by atoms with Gasteiger partial charge in [-0.1, -0.05) is 6.92 Å². The van der Waals surface area contributed by atoms with E-state index in [1.807, 2.05) is 11.8 Å². The van der Waals surface area contributed by atoms with Crippen LogP contribution in [-0.4, -0.2) is 40.3 Å². The van der Waals surface area contributed by atoms with Gasteiger partial charge in [-0.05, 0) is 51.5 Å². The van der Waals surface area contributed by atoms with Crippen LogP contribution in [-0.2, 0) is 4.79 Å². The van der Waals surface area contributed by atoms with Crippen LogP contribution in [0.5, 0.6) is 0 Å². The molecule has 1 heterocycles. The lowest BCUT2D eigenvalue weighted by Crippen LogP contribution is -2.55. The number of hydrogen-bond acceptors (Lipinski definition) is 2. The first-order valence-electron chi connectivity index (χ1n) is 7.38. The Morgan fingerprint density at radius 3 is 2.35 bits per heavy atom. The SMILES string of the molecule is CCC1(C(=O)O)CCCN1C1CCC(C(F)(F)F)CC1. The number of aliphatic carboxylic acids is 1. The fraction of sp³-hybridized carbons (Fsp3) is 0.929. The Hall–Kier alpha value is -0.780. The summed E-state index contributed by atoms with van der Waals surface area (Å²) in [5.41, 5.74) is -0.851. The Kier molecular flexibility index (Phi) is 4.33. The van der Waals surface area contributed by atoms with E-state index >= 15 is 0 Å². The van der Waals surface area contributed by atoms with Crippen molar-refractivity contribution in [1.29, 1.82) is 0 Å². The van der Waals surface area contributed by atoms with Crippen molar-refractivity contribution in [2.75, 3.05) is 6.54 Å². The number of likely N-dealkylation sites (tertiary alicyclic amines) is 1. The van der Waals surface area contributed by atoms with Gasteiger partial charge in [0.15, 0.2) is 0 Å². The van der Waals surface area contributed by atoms with Crippen LogP contribution < -0.4 is 0 Å². The van der Waals surface area contributed by atoms with Crippen molar-refractivity contribution in [1.82, 2.24) is 4.90 Å². The van der Waals surface area contributed by atoms with Crippen molar-refractivity contribution < 1.29 is 23.1 Å². The molecule has 0 aromatic rings. The minimum atomic E-state index is -4.11. The number of nitrogens with zero attached hydrogens (tertiary/aromatic N) is 1. The number of carboxylic acid groups (broad SMARTS) is 1. The molecular weight excluding hydrogens is 271 g/mol. The van der Waals surface area contributed by atoms with Crippen LogP contribution in [0.4, 0.5) is 13.2 Å². The van der Waals surface area contributed by atoms with Crippen LogP contribution in [0.2, 0.25) is 0 Å². The normalized spacial score (nSPS) is 36.2. The lowest BCUT2D eigenvalue weighted by molar-refractivity contribution is -0.186. The maximum Gasteiger partial charge on any atom is 0.391 e. The highest BCUT2D eigenvalue weighted by Crippen LogP contribution is 2.43. The van der Waals surface area contributed by atoms with Gasteiger partial charge >= 0.3 is 12.1 Å². The predicted octanol–water partition coefficient (Wildman–Crippen LogP) is 3.44. The quantitative estimate of drug-likeness (QED) is 0.866. The van der Waals surface area contributed by atoms with Gasteiger partial charge in [0.05, 0.1) is 5.92 Å². The third-order valence-electron chi connectivity index (χ3n) is 5.12. The summed E-state index contributed by atoms with van der Waals surface area (Å²) < 4.78 is 38.1. The third kappa shape index (κ3) is 2.67. The minimum absolute atomic E-state index is 0.00727. The lowest BCUT2D eigenvalue weighted by Gasteiger charge is -2.42. The van der Waals surface area contributed by atoms with E-state index in [1.165, 1.54) is 0 Å². The zero-order valence-electron chi connectivity index (χ0n) is 11.7. The molecule has 0 aromatic heterocycles. The summed E-state index contributed by atoms with van der Waals surface area (Å²) in [7, 11) is 0. The van der Waals surface area contributed by atoms with Gasteiger partial charge in [-0.15, -0.1) is 0 Å². The van der Waals surface area contributed by atoms with Crippen LogP contribution in [0.15, 0.2) is 0 Å².